The van der Waals surface area contributed by atoms with Crippen molar-refractivity contribution < 1.29 is 9.59 Å². The number of likely N-dealkylation sites (tertiary alicyclic amines) is 1. The number of carbonyl (C=O) groups excluding carboxylic acids is 2. The van der Waals surface area contributed by atoms with Gasteiger partial charge in [-0.1, -0.05) is 0 Å². The summed E-state index contributed by atoms with van der Waals surface area (Å²) in [5, 5.41) is 2.96. The first-order chi connectivity index (χ1) is 9.58. The van der Waals surface area contributed by atoms with Crippen LogP contribution in [0.2, 0.25) is 0 Å². The van der Waals surface area contributed by atoms with Gasteiger partial charge < -0.3 is 5.32 Å². The van der Waals surface area contributed by atoms with E-state index < -0.39 is 0 Å². The molecule has 0 saturated carbocycles. The number of nitrogens with two attached hydrogens (primary N) is 1. The fraction of sp³-hybridized carbons (Fsp3) is 0.538. The molecule has 20 heavy (non-hydrogen) atoms. The minimum absolute atomic E-state index is 0.0409. The summed E-state index contributed by atoms with van der Waals surface area (Å²) in [6.07, 6.45) is 1.95. The second-order valence-corrected chi connectivity index (χ2v) is 6.16. The van der Waals surface area contributed by atoms with E-state index in [4.69, 9.17) is 5.84 Å². The van der Waals surface area contributed by atoms with Gasteiger partial charge in [-0.05, 0) is 25.0 Å². The third-order valence-corrected chi connectivity index (χ3v) is 4.46. The van der Waals surface area contributed by atoms with Crippen LogP contribution >= 0.6 is 11.3 Å². The molecule has 6 nitrogen and oxygen atoms in total. The van der Waals surface area contributed by atoms with Crippen molar-refractivity contribution in [1.82, 2.24) is 15.6 Å². The highest BCUT2D eigenvalue weighted by Gasteiger charge is 2.20. The molecule has 0 unspecified atom stereocenters. The van der Waals surface area contributed by atoms with Gasteiger partial charge >= 0.3 is 0 Å². The first-order valence-electron chi connectivity index (χ1n) is 6.67. The summed E-state index contributed by atoms with van der Waals surface area (Å²) in [6.45, 7) is 4.32. The smallest absolute Gasteiger partial charge is 0.275 e. The van der Waals surface area contributed by atoms with E-state index in [1.54, 1.807) is 13.0 Å². The van der Waals surface area contributed by atoms with Gasteiger partial charge in [0.05, 0.1) is 4.88 Å². The molecule has 0 aromatic carbocycles. The maximum Gasteiger partial charge on any atom is 0.275 e. The van der Waals surface area contributed by atoms with Crippen LogP contribution in [0.15, 0.2) is 12.1 Å². The molecule has 7 heteroatoms. The highest BCUT2D eigenvalue weighted by atomic mass is 32.1. The van der Waals surface area contributed by atoms with Crippen LogP contribution in [0.1, 0.15) is 34.3 Å². The number of hydrogen-bond donors (Lipinski definition) is 3. The maximum absolute atomic E-state index is 11.4. The summed E-state index contributed by atoms with van der Waals surface area (Å²) in [5.74, 6) is 4.91. The number of hydrogen-bond acceptors (Lipinski definition) is 5. The van der Waals surface area contributed by atoms with E-state index in [-0.39, 0.29) is 11.8 Å². The highest BCUT2D eigenvalue weighted by Crippen LogP contribution is 2.20. The molecule has 4 N–H and O–H groups in total. The molecule has 1 aliphatic heterocycles. The number of rotatable bonds is 4. The van der Waals surface area contributed by atoms with Crippen molar-refractivity contribution in [3.8, 4) is 0 Å². The average molecular weight is 296 g/mol. The van der Waals surface area contributed by atoms with Crippen LogP contribution in [0.4, 0.5) is 0 Å². The van der Waals surface area contributed by atoms with Crippen LogP contribution in [0.3, 0.4) is 0 Å². The predicted molar refractivity (Wildman–Crippen MR) is 78.1 cm³/mol. The monoisotopic (exact) mass is 296 g/mol. The van der Waals surface area contributed by atoms with E-state index in [0.717, 1.165) is 37.4 Å². The van der Waals surface area contributed by atoms with Gasteiger partial charge in [-0.15, -0.1) is 11.3 Å². The number of amides is 2. The molecule has 2 rings (SSSR count). The molecule has 1 fully saturated rings. The molecule has 2 amide bonds. The molecule has 1 aliphatic rings. The Kier molecular flexibility index (Phi) is 5.11. The first kappa shape index (κ1) is 15.0. The van der Waals surface area contributed by atoms with Crippen LogP contribution < -0.4 is 16.6 Å². The van der Waals surface area contributed by atoms with Gasteiger partial charge in [-0.25, -0.2) is 5.84 Å². The Hall–Kier alpha value is -1.44. The van der Waals surface area contributed by atoms with Gasteiger partial charge in [0.15, 0.2) is 0 Å². The minimum Gasteiger partial charge on any atom is -0.354 e. The molecule has 0 aliphatic carbocycles. The molecule has 1 aromatic heterocycles. The van der Waals surface area contributed by atoms with Crippen LogP contribution in [-0.4, -0.2) is 35.8 Å². The number of nitrogens with zero attached hydrogens (tertiary/aromatic N) is 1. The van der Waals surface area contributed by atoms with E-state index in [2.05, 4.69) is 15.6 Å². The van der Waals surface area contributed by atoms with Gasteiger partial charge in [0.1, 0.15) is 0 Å². The lowest BCUT2D eigenvalue weighted by molar-refractivity contribution is -0.119. The third-order valence-electron chi connectivity index (χ3n) is 3.39. The topological polar surface area (TPSA) is 87.5 Å². The number of nitrogen functional groups attached to an aromatic ring is 1. The molecule has 110 valence electrons. The molecule has 0 atom stereocenters. The number of thiophene rings is 1. The van der Waals surface area contributed by atoms with Gasteiger partial charge in [0.2, 0.25) is 5.91 Å². The molecule has 1 aromatic rings. The fourth-order valence-corrected chi connectivity index (χ4v) is 3.35. The third kappa shape index (κ3) is 4.03. The van der Waals surface area contributed by atoms with Crippen molar-refractivity contribution in [3.05, 3.63) is 21.9 Å². The Morgan fingerprint density at radius 2 is 2.10 bits per heavy atom. The normalized spacial score (nSPS) is 16.9. The Bertz CT molecular complexity index is 480. The summed E-state index contributed by atoms with van der Waals surface area (Å²) in [7, 11) is 0. The van der Waals surface area contributed by atoms with Crippen LogP contribution in [0.25, 0.3) is 0 Å². The summed E-state index contributed by atoms with van der Waals surface area (Å²) in [5.41, 5.74) is 2.14. The summed E-state index contributed by atoms with van der Waals surface area (Å²) < 4.78 is 0. The fourth-order valence-electron chi connectivity index (χ4n) is 2.40. The minimum atomic E-state index is -0.245. The lowest BCUT2D eigenvalue weighted by Crippen LogP contribution is -2.43. The van der Waals surface area contributed by atoms with Crippen LogP contribution in [0, 0.1) is 0 Å². The van der Waals surface area contributed by atoms with Crippen molar-refractivity contribution in [2.24, 2.45) is 5.84 Å². The largest absolute Gasteiger partial charge is 0.354 e. The Labute approximate surface area is 122 Å². The number of piperidine rings is 1. The Morgan fingerprint density at radius 1 is 1.40 bits per heavy atom. The van der Waals surface area contributed by atoms with E-state index in [0.29, 0.717) is 10.9 Å². The zero-order valence-corrected chi connectivity index (χ0v) is 12.3. The molecule has 2 heterocycles. The van der Waals surface area contributed by atoms with Crippen molar-refractivity contribution in [3.63, 3.8) is 0 Å². The number of nitrogens with one attached hydrogen (secondary N) is 2. The number of carbonyl (C=O) groups is 2. The summed E-state index contributed by atoms with van der Waals surface area (Å²) >= 11 is 1.47. The zero-order chi connectivity index (χ0) is 14.5. The van der Waals surface area contributed by atoms with Gasteiger partial charge in [-0.2, -0.15) is 0 Å². The van der Waals surface area contributed by atoms with Gasteiger partial charge in [0.25, 0.3) is 5.91 Å². The van der Waals surface area contributed by atoms with Crippen LogP contribution in [0.5, 0.6) is 0 Å². The quantitative estimate of drug-likeness (QED) is 0.428. The van der Waals surface area contributed by atoms with Crippen molar-refractivity contribution in [1.29, 1.82) is 0 Å². The molecule has 0 spiro atoms. The lowest BCUT2D eigenvalue weighted by atomic mass is 10.1. The first-order valence-corrected chi connectivity index (χ1v) is 7.49. The zero-order valence-electron chi connectivity index (χ0n) is 11.5. The predicted octanol–water partition coefficient (Wildman–Crippen LogP) is 0.452. The Morgan fingerprint density at radius 3 is 2.70 bits per heavy atom. The van der Waals surface area contributed by atoms with Crippen LogP contribution in [-0.2, 0) is 11.3 Å². The summed E-state index contributed by atoms with van der Waals surface area (Å²) in [6, 6.07) is 4.06. The highest BCUT2D eigenvalue weighted by molar-refractivity contribution is 7.14. The van der Waals surface area contributed by atoms with E-state index in [1.165, 1.54) is 11.3 Å². The molecule has 0 radical (unpaired) electrons. The standard InChI is InChI=1S/C13H20N4O2S/c1-9(18)15-10-4-6-17(7-5-10)8-11-2-3-12(20-11)13(19)16-14/h2-3,10H,4-8,14H2,1H3,(H,15,18)(H,16,19). The molecule has 0 bridgehead atoms. The van der Waals surface area contributed by atoms with Crippen molar-refractivity contribution in [2.45, 2.75) is 32.4 Å². The summed E-state index contributed by atoms with van der Waals surface area (Å²) in [4.78, 5) is 26.5. The second-order valence-electron chi connectivity index (χ2n) is 4.99. The van der Waals surface area contributed by atoms with Crippen molar-refractivity contribution >= 4 is 23.2 Å². The number of hydrazine groups is 1. The van der Waals surface area contributed by atoms with E-state index in [9.17, 15) is 9.59 Å². The lowest BCUT2D eigenvalue weighted by Gasteiger charge is -2.31. The van der Waals surface area contributed by atoms with Gasteiger partial charge in [-0.3, -0.25) is 19.9 Å². The van der Waals surface area contributed by atoms with E-state index >= 15 is 0 Å². The average Bonchev–Trinajstić information content (AvgIpc) is 2.88. The molecule has 1 saturated heterocycles. The molecular weight excluding hydrogens is 276 g/mol. The van der Waals surface area contributed by atoms with Gasteiger partial charge in [0, 0.05) is 37.5 Å². The van der Waals surface area contributed by atoms with Crippen molar-refractivity contribution in [2.75, 3.05) is 13.1 Å². The SMILES string of the molecule is CC(=O)NC1CCN(Cc2ccc(C(=O)NN)s2)CC1. The second kappa shape index (κ2) is 6.83. The molecular formula is C13H20N4O2S. The van der Waals surface area contributed by atoms with E-state index in [1.807, 2.05) is 6.07 Å². The maximum atomic E-state index is 11.4. The Balaban J connectivity index is 1.82.